The molecule has 0 aromatic heterocycles. The molecule has 0 saturated heterocycles. The van der Waals surface area contributed by atoms with Crippen LogP contribution in [0.4, 0.5) is 0 Å². The molecule has 1 unspecified atom stereocenters. The summed E-state index contributed by atoms with van der Waals surface area (Å²) in [5.74, 6) is -1.01. The number of hydrogen-bond donors (Lipinski definition) is 1. The van der Waals surface area contributed by atoms with Crippen molar-refractivity contribution in [3.8, 4) is 0 Å². The lowest BCUT2D eigenvalue weighted by molar-refractivity contribution is -0.163. The van der Waals surface area contributed by atoms with Gasteiger partial charge in [0.05, 0.1) is 13.4 Å². The summed E-state index contributed by atoms with van der Waals surface area (Å²) in [4.78, 5) is 23.7. The molecule has 0 bridgehead atoms. The molecule has 0 radical (unpaired) electrons. The molecule has 1 aliphatic heterocycles. The van der Waals surface area contributed by atoms with Crippen LogP contribution in [0.2, 0.25) is 0 Å². The lowest BCUT2D eigenvalue weighted by atomic mass is 10.1. The molecule has 0 fully saturated rings. The second kappa shape index (κ2) is 4.91. The van der Waals surface area contributed by atoms with E-state index in [-0.39, 0.29) is 12.3 Å². The van der Waals surface area contributed by atoms with Crippen LogP contribution >= 0.6 is 0 Å². The van der Waals surface area contributed by atoms with E-state index in [0.29, 0.717) is 5.56 Å². The first-order valence-electron chi connectivity index (χ1n) is 5.47. The zero-order chi connectivity index (χ0) is 13.0. The molecule has 1 aromatic carbocycles. The minimum absolute atomic E-state index is 0.248. The van der Waals surface area contributed by atoms with E-state index in [1.54, 1.807) is 36.4 Å². The van der Waals surface area contributed by atoms with E-state index in [9.17, 15) is 9.59 Å². The Kier molecular flexibility index (Phi) is 3.32. The molecule has 0 aliphatic carbocycles. The van der Waals surface area contributed by atoms with E-state index in [2.05, 4.69) is 10.1 Å². The van der Waals surface area contributed by atoms with Gasteiger partial charge in [-0.2, -0.15) is 0 Å². The molecule has 1 atom stereocenters. The Balaban J connectivity index is 2.16. The fourth-order valence-electron chi connectivity index (χ4n) is 1.70. The molecule has 2 rings (SSSR count). The van der Waals surface area contributed by atoms with Gasteiger partial charge in [-0.1, -0.05) is 18.2 Å². The van der Waals surface area contributed by atoms with Crippen molar-refractivity contribution in [2.24, 2.45) is 0 Å². The van der Waals surface area contributed by atoms with E-state index in [4.69, 9.17) is 4.74 Å². The van der Waals surface area contributed by atoms with Crippen LogP contribution in [0.15, 0.2) is 42.7 Å². The number of carbonyl (C=O) groups is 2. The first-order valence-corrected chi connectivity index (χ1v) is 5.47. The number of benzene rings is 1. The molecule has 5 heteroatoms. The lowest BCUT2D eigenvalue weighted by Gasteiger charge is -2.26. The molecule has 5 nitrogen and oxygen atoms in total. The molecule has 0 spiro atoms. The highest BCUT2D eigenvalue weighted by Gasteiger charge is 2.44. The number of hydrogen-bond acceptors (Lipinski definition) is 4. The van der Waals surface area contributed by atoms with Gasteiger partial charge in [-0.05, 0) is 18.2 Å². The van der Waals surface area contributed by atoms with Crippen molar-refractivity contribution < 1.29 is 19.1 Å². The van der Waals surface area contributed by atoms with E-state index in [1.807, 2.05) is 0 Å². The maximum absolute atomic E-state index is 12.0. The first kappa shape index (κ1) is 12.2. The Labute approximate surface area is 104 Å². The molecular weight excluding hydrogens is 234 g/mol. The van der Waals surface area contributed by atoms with Gasteiger partial charge in [0.25, 0.3) is 11.6 Å². The summed E-state index contributed by atoms with van der Waals surface area (Å²) in [6.45, 7) is 0. The number of nitrogens with one attached hydrogen (secondary N) is 1. The molecular formula is C13H13NO4. The topological polar surface area (TPSA) is 64.6 Å². The van der Waals surface area contributed by atoms with Crippen molar-refractivity contribution in [2.75, 3.05) is 7.11 Å². The third kappa shape index (κ3) is 2.20. The maximum Gasteiger partial charge on any atom is 0.372 e. The summed E-state index contributed by atoms with van der Waals surface area (Å²) in [7, 11) is 1.25. The van der Waals surface area contributed by atoms with Gasteiger partial charge in [0.15, 0.2) is 0 Å². The van der Waals surface area contributed by atoms with E-state index in [1.165, 1.54) is 13.4 Å². The zero-order valence-corrected chi connectivity index (χ0v) is 9.88. The second-order valence-electron chi connectivity index (χ2n) is 3.83. The van der Waals surface area contributed by atoms with Crippen LogP contribution in [0, 0.1) is 0 Å². The van der Waals surface area contributed by atoms with Crippen molar-refractivity contribution >= 4 is 11.9 Å². The summed E-state index contributed by atoms with van der Waals surface area (Å²) in [6, 6.07) is 8.60. The zero-order valence-electron chi connectivity index (χ0n) is 9.88. The van der Waals surface area contributed by atoms with Crippen molar-refractivity contribution in [1.29, 1.82) is 0 Å². The van der Waals surface area contributed by atoms with Gasteiger partial charge in [0, 0.05) is 12.0 Å². The Morgan fingerprint density at radius 1 is 1.33 bits per heavy atom. The fraction of sp³-hybridized carbons (Fsp3) is 0.231. The Hall–Kier alpha value is -2.30. The molecule has 1 amide bonds. The summed E-state index contributed by atoms with van der Waals surface area (Å²) >= 11 is 0. The smallest absolute Gasteiger partial charge is 0.372 e. The van der Waals surface area contributed by atoms with Gasteiger partial charge >= 0.3 is 5.97 Å². The van der Waals surface area contributed by atoms with Crippen molar-refractivity contribution in [3.63, 3.8) is 0 Å². The largest absolute Gasteiger partial charge is 0.465 e. The van der Waals surface area contributed by atoms with E-state index < -0.39 is 11.7 Å². The number of ether oxygens (including phenoxy) is 2. The number of carbonyl (C=O) groups excluding carboxylic acids is 2. The highest BCUT2D eigenvalue weighted by Crippen LogP contribution is 2.22. The SMILES string of the molecule is COC(=O)C1(NC(=O)c2ccccc2)CC=CO1. The normalized spacial score (nSPS) is 21.2. The van der Waals surface area contributed by atoms with Crippen LogP contribution in [-0.2, 0) is 14.3 Å². The summed E-state index contributed by atoms with van der Waals surface area (Å²) in [6.07, 6.45) is 3.28. The average molecular weight is 247 g/mol. The standard InChI is InChI=1S/C13H13NO4/c1-17-12(16)13(8-5-9-18-13)14-11(15)10-6-3-2-4-7-10/h2-7,9H,8H2,1H3,(H,14,15). The molecule has 1 N–H and O–H groups in total. The monoisotopic (exact) mass is 247 g/mol. The number of methoxy groups -OCH3 is 1. The summed E-state index contributed by atoms with van der Waals surface area (Å²) in [5.41, 5.74) is -0.988. The maximum atomic E-state index is 12.0. The Bertz CT molecular complexity index is 473. The van der Waals surface area contributed by atoms with Crippen LogP contribution in [0.1, 0.15) is 16.8 Å². The summed E-state index contributed by atoms with van der Waals surface area (Å²) < 4.78 is 9.85. The van der Waals surface area contributed by atoms with Crippen LogP contribution < -0.4 is 5.32 Å². The minimum Gasteiger partial charge on any atom is -0.465 e. The third-order valence-electron chi connectivity index (χ3n) is 2.64. The number of esters is 1. The van der Waals surface area contributed by atoms with Gasteiger partial charge in [-0.15, -0.1) is 0 Å². The molecule has 1 aliphatic rings. The summed E-state index contributed by atoms with van der Waals surface area (Å²) in [5, 5.41) is 2.56. The van der Waals surface area contributed by atoms with Gasteiger partial charge in [0.1, 0.15) is 0 Å². The first-order chi connectivity index (χ1) is 8.68. The van der Waals surface area contributed by atoms with Gasteiger partial charge < -0.3 is 14.8 Å². The molecule has 18 heavy (non-hydrogen) atoms. The molecule has 1 heterocycles. The highest BCUT2D eigenvalue weighted by molar-refractivity contribution is 5.97. The van der Waals surface area contributed by atoms with Crippen molar-refractivity contribution in [3.05, 3.63) is 48.2 Å². The average Bonchev–Trinajstić information content (AvgIpc) is 2.88. The predicted octanol–water partition coefficient (Wildman–Crippen LogP) is 1.22. The Morgan fingerprint density at radius 2 is 2.06 bits per heavy atom. The van der Waals surface area contributed by atoms with Crippen LogP contribution in [0.3, 0.4) is 0 Å². The van der Waals surface area contributed by atoms with Crippen molar-refractivity contribution in [2.45, 2.75) is 12.1 Å². The Morgan fingerprint density at radius 3 is 2.61 bits per heavy atom. The second-order valence-corrected chi connectivity index (χ2v) is 3.83. The minimum atomic E-state index is -1.44. The fourth-order valence-corrected chi connectivity index (χ4v) is 1.70. The number of rotatable bonds is 3. The van der Waals surface area contributed by atoms with Gasteiger partial charge in [0.2, 0.25) is 0 Å². The van der Waals surface area contributed by atoms with Crippen LogP contribution in [-0.4, -0.2) is 24.7 Å². The van der Waals surface area contributed by atoms with Crippen molar-refractivity contribution in [1.82, 2.24) is 5.32 Å². The molecule has 94 valence electrons. The quantitative estimate of drug-likeness (QED) is 0.816. The molecule has 0 saturated carbocycles. The predicted molar refractivity (Wildman–Crippen MR) is 63.5 cm³/mol. The van der Waals surface area contributed by atoms with E-state index in [0.717, 1.165) is 0 Å². The van der Waals surface area contributed by atoms with Gasteiger partial charge in [-0.3, -0.25) is 4.79 Å². The molecule has 1 aromatic rings. The van der Waals surface area contributed by atoms with Crippen LogP contribution in [0.5, 0.6) is 0 Å². The third-order valence-corrected chi connectivity index (χ3v) is 2.64. The lowest BCUT2D eigenvalue weighted by Crippen LogP contribution is -2.54. The number of amides is 1. The highest BCUT2D eigenvalue weighted by atomic mass is 16.6. The van der Waals surface area contributed by atoms with Gasteiger partial charge in [-0.25, -0.2) is 4.79 Å². The van der Waals surface area contributed by atoms with E-state index >= 15 is 0 Å². The van der Waals surface area contributed by atoms with Crippen LogP contribution in [0.25, 0.3) is 0 Å².